The van der Waals surface area contributed by atoms with Gasteiger partial charge in [-0.2, -0.15) is 0 Å². The fourth-order valence-electron chi connectivity index (χ4n) is 3.41. The molecule has 1 aliphatic carbocycles. The number of carboxylic acids is 1. The summed E-state index contributed by atoms with van der Waals surface area (Å²) in [6.07, 6.45) is 5.09. The first-order chi connectivity index (χ1) is 9.67. The number of nitrogens with zero attached hydrogens (tertiary/aromatic N) is 1. The van der Waals surface area contributed by atoms with Crippen LogP contribution in [0.4, 0.5) is 0 Å². The molecule has 2 heterocycles. The molecule has 4 rings (SSSR count). The third kappa shape index (κ3) is 1.83. The highest BCUT2D eigenvalue weighted by Gasteiger charge is 2.54. The second kappa shape index (κ2) is 4.09. The van der Waals surface area contributed by atoms with Gasteiger partial charge in [0.2, 0.25) is 0 Å². The van der Waals surface area contributed by atoms with Crippen molar-refractivity contribution in [2.75, 3.05) is 13.1 Å². The molecule has 1 saturated carbocycles. The first-order valence-corrected chi connectivity index (χ1v) is 7.19. The van der Waals surface area contributed by atoms with Gasteiger partial charge in [-0.05, 0) is 29.9 Å². The van der Waals surface area contributed by atoms with Crippen LogP contribution >= 0.6 is 0 Å². The third-order valence-corrected chi connectivity index (χ3v) is 4.85. The van der Waals surface area contributed by atoms with Crippen molar-refractivity contribution in [2.45, 2.75) is 25.3 Å². The first kappa shape index (κ1) is 12.0. The molecule has 2 aliphatic rings. The second-order valence-electron chi connectivity index (χ2n) is 6.32. The lowest BCUT2D eigenvalue weighted by atomic mass is 9.92. The molecule has 1 aliphatic heterocycles. The van der Waals surface area contributed by atoms with Gasteiger partial charge in [0.25, 0.3) is 0 Å². The summed E-state index contributed by atoms with van der Waals surface area (Å²) in [5.74, 6) is -0.703. The summed E-state index contributed by atoms with van der Waals surface area (Å²) in [4.78, 5) is 16.9. The van der Waals surface area contributed by atoms with Crippen LogP contribution in [0.25, 0.3) is 10.9 Å². The molecule has 1 unspecified atom stereocenters. The highest BCUT2D eigenvalue weighted by molar-refractivity contribution is 5.84. The largest absolute Gasteiger partial charge is 0.480 e. The third-order valence-electron chi connectivity index (χ3n) is 4.85. The Labute approximate surface area is 117 Å². The topological polar surface area (TPSA) is 56.3 Å². The zero-order valence-electron chi connectivity index (χ0n) is 11.3. The number of hydrogen-bond donors (Lipinski definition) is 2. The maximum atomic E-state index is 11.6. The minimum atomic E-state index is -0.703. The van der Waals surface area contributed by atoms with Gasteiger partial charge in [0.15, 0.2) is 0 Å². The quantitative estimate of drug-likeness (QED) is 0.896. The Morgan fingerprint density at radius 3 is 2.80 bits per heavy atom. The molecule has 4 nitrogen and oxygen atoms in total. The highest BCUT2D eigenvalue weighted by atomic mass is 16.4. The van der Waals surface area contributed by atoms with E-state index in [1.165, 1.54) is 12.8 Å². The number of H-pyrrole nitrogens is 1. The van der Waals surface area contributed by atoms with E-state index in [1.807, 2.05) is 24.4 Å². The first-order valence-electron chi connectivity index (χ1n) is 7.19. The molecular formula is C16H18N2O2. The predicted octanol–water partition coefficient (Wildman–Crippen LogP) is 2.26. The van der Waals surface area contributed by atoms with Gasteiger partial charge >= 0.3 is 5.97 Å². The molecule has 0 amide bonds. The zero-order chi connectivity index (χ0) is 13.7. The molecular weight excluding hydrogens is 252 g/mol. The number of aliphatic carboxylic acids is 1. The van der Waals surface area contributed by atoms with E-state index in [0.717, 1.165) is 29.6 Å². The van der Waals surface area contributed by atoms with Crippen molar-refractivity contribution in [1.29, 1.82) is 0 Å². The van der Waals surface area contributed by atoms with Gasteiger partial charge in [0.1, 0.15) is 6.04 Å². The number of nitrogens with one attached hydrogen (secondary N) is 1. The Hall–Kier alpha value is -1.81. The number of benzene rings is 1. The molecule has 1 spiro atoms. The summed E-state index contributed by atoms with van der Waals surface area (Å²) in [6.45, 7) is 1.93. The van der Waals surface area contributed by atoms with E-state index in [0.29, 0.717) is 11.8 Å². The van der Waals surface area contributed by atoms with Gasteiger partial charge in [0.05, 0.1) is 0 Å². The van der Waals surface area contributed by atoms with E-state index in [2.05, 4.69) is 16.0 Å². The van der Waals surface area contributed by atoms with E-state index in [4.69, 9.17) is 0 Å². The average molecular weight is 270 g/mol. The molecule has 1 atom stereocenters. The Morgan fingerprint density at radius 2 is 2.10 bits per heavy atom. The smallest absolute Gasteiger partial charge is 0.321 e. The van der Waals surface area contributed by atoms with E-state index < -0.39 is 5.97 Å². The van der Waals surface area contributed by atoms with Gasteiger partial charge in [-0.1, -0.05) is 18.2 Å². The molecule has 1 saturated heterocycles. The van der Waals surface area contributed by atoms with Crippen molar-refractivity contribution in [3.05, 3.63) is 36.0 Å². The fourth-order valence-corrected chi connectivity index (χ4v) is 3.41. The summed E-state index contributed by atoms with van der Waals surface area (Å²) in [7, 11) is 0. The van der Waals surface area contributed by atoms with Crippen molar-refractivity contribution in [1.82, 2.24) is 9.88 Å². The number of hydrogen-bond acceptors (Lipinski definition) is 2. The Kier molecular flexibility index (Phi) is 2.45. The summed E-state index contributed by atoms with van der Waals surface area (Å²) in [5.41, 5.74) is 2.67. The van der Waals surface area contributed by atoms with Gasteiger partial charge < -0.3 is 10.1 Å². The Bertz CT molecular complexity index is 664. The molecule has 1 aromatic carbocycles. The van der Waals surface area contributed by atoms with Gasteiger partial charge in [-0.25, -0.2) is 0 Å². The highest BCUT2D eigenvalue weighted by Crippen LogP contribution is 2.53. The molecule has 2 N–H and O–H groups in total. The maximum absolute atomic E-state index is 11.6. The lowest BCUT2D eigenvalue weighted by Crippen LogP contribution is -2.56. The van der Waals surface area contributed by atoms with Gasteiger partial charge in [0, 0.05) is 36.6 Å². The van der Waals surface area contributed by atoms with Gasteiger partial charge in [-0.15, -0.1) is 0 Å². The normalized spacial score (nSPS) is 21.8. The number of fused-ring (bicyclic) bond motifs is 1. The van der Waals surface area contributed by atoms with Crippen LogP contribution in [0.3, 0.4) is 0 Å². The van der Waals surface area contributed by atoms with Crippen LogP contribution in [-0.2, 0) is 11.2 Å². The summed E-state index contributed by atoms with van der Waals surface area (Å²) >= 11 is 0. The molecule has 2 aromatic rings. The molecule has 0 radical (unpaired) electrons. The number of rotatable bonds is 4. The molecule has 20 heavy (non-hydrogen) atoms. The number of carboxylic acid groups (broad SMARTS) is 1. The van der Waals surface area contributed by atoms with E-state index in [9.17, 15) is 9.90 Å². The van der Waals surface area contributed by atoms with Crippen LogP contribution < -0.4 is 0 Å². The number of carbonyl (C=O) groups is 1. The van der Waals surface area contributed by atoms with Gasteiger partial charge in [-0.3, -0.25) is 9.69 Å². The number of aromatic amines is 1. The lowest BCUT2D eigenvalue weighted by Gasteiger charge is -2.43. The summed E-state index contributed by atoms with van der Waals surface area (Å²) in [5, 5.41) is 10.7. The Morgan fingerprint density at radius 1 is 1.35 bits per heavy atom. The average Bonchev–Trinajstić information content (AvgIpc) is 3.10. The van der Waals surface area contributed by atoms with Crippen molar-refractivity contribution < 1.29 is 9.90 Å². The van der Waals surface area contributed by atoms with Crippen LogP contribution in [-0.4, -0.2) is 40.1 Å². The monoisotopic (exact) mass is 270 g/mol. The van der Waals surface area contributed by atoms with Crippen LogP contribution in [0.15, 0.2) is 30.5 Å². The van der Waals surface area contributed by atoms with Crippen molar-refractivity contribution in [3.63, 3.8) is 0 Å². The number of aromatic nitrogens is 1. The van der Waals surface area contributed by atoms with E-state index >= 15 is 0 Å². The summed E-state index contributed by atoms with van der Waals surface area (Å²) < 4.78 is 0. The van der Waals surface area contributed by atoms with Crippen LogP contribution in [0.5, 0.6) is 0 Å². The second-order valence-corrected chi connectivity index (χ2v) is 6.32. The van der Waals surface area contributed by atoms with Crippen LogP contribution in [0, 0.1) is 5.41 Å². The number of para-hydroxylation sites is 1. The standard InChI is InChI=1S/C16H18N2O2/c19-15(20)14(18-9-16(10-18)5-6-16)7-11-8-17-13-4-2-1-3-12(11)13/h1-4,8,14,17H,5-7,9-10H2,(H,19,20). The predicted molar refractivity (Wildman–Crippen MR) is 76.7 cm³/mol. The van der Waals surface area contributed by atoms with Crippen LogP contribution in [0.2, 0.25) is 0 Å². The molecule has 1 aromatic heterocycles. The van der Waals surface area contributed by atoms with E-state index in [-0.39, 0.29) is 6.04 Å². The molecule has 4 heteroatoms. The molecule has 104 valence electrons. The fraction of sp³-hybridized carbons (Fsp3) is 0.438. The van der Waals surface area contributed by atoms with Crippen molar-refractivity contribution in [3.8, 4) is 0 Å². The summed E-state index contributed by atoms with van der Waals surface area (Å²) in [6, 6.07) is 7.68. The minimum absolute atomic E-state index is 0.388. The molecule has 0 bridgehead atoms. The maximum Gasteiger partial charge on any atom is 0.321 e. The number of likely N-dealkylation sites (tertiary alicyclic amines) is 1. The lowest BCUT2D eigenvalue weighted by molar-refractivity contribution is -0.146. The van der Waals surface area contributed by atoms with E-state index in [1.54, 1.807) is 0 Å². The SMILES string of the molecule is O=C(O)C(Cc1c[nH]c2ccccc12)N1CC2(CC2)C1. The van der Waals surface area contributed by atoms with Crippen LogP contribution in [0.1, 0.15) is 18.4 Å². The zero-order valence-corrected chi connectivity index (χ0v) is 11.3. The Balaban J connectivity index is 1.57. The molecule has 2 fully saturated rings. The van der Waals surface area contributed by atoms with Crippen molar-refractivity contribution in [2.24, 2.45) is 5.41 Å². The van der Waals surface area contributed by atoms with Crippen molar-refractivity contribution >= 4 is 16.9 Å². The minimum Gasteiger partial charge on any atom is -0.480 e.